The zero-order chi connectivity index (χ0) is 9.42. The highest BCUT2D eigenvalue weighted by molar-refractivity contribution is 9.10. The first-order valence-corrected chi connectivity index (χ1v) is 4.79. The van der Waals surface area contributed by atoms with Crippen molar-refractivity contribution >= 4 is 15.9 Å². The molecule has 0 amide bonds. The van der Waals surface area contributed by atoms with E-state index in [0.29, 0.717) is 5.75 Å². The molecular weight excluding hydrogens is 237 g/mol. The minimum Gasteiger partial charge on any atom is -0.490 e. The van der Waals surface area contributed by atoms with Gasteiger partial charge in [0.05, 0.1) is 6.04 Å². The molecule has 2 unspecified atom stereocenters. The van der Waals surface area contributed by atoms with Crippen LogP contribution in [0.25, 0.3) is 0 Å². The Kier molecular flexibility index (Phi) is 2.26. The normalized spacial score (nSPS) is 26.4. The lowest BCUT2D eigenvalue weighted by Crippen LogP contribution is -2.32. The Hall–Kier alpha value is -0.610. The summed E-state index contributed by atoms with van der Waals surface area (Å²) in [6.45, 7) is 0.0463. The van der Waals surface area contributed by atoms with Crippen LogP contribution in [0.15, 0.2) is 22.7 Å². The number of alkyl halides is 1. The first-order valence-electron chi connectivity index (χ1n) is 4.00. The summed E-state index contributed by atoms with van der Waals surface area (Å²) in [5.74, 6) is 0.677. The van der Waals surface area contributed by atoms with Crippen molar-refractivity contribution in [2.24, 2.45) is 5.73 Å². The Bertz CT molecular complexity index is 331. The molecule has 0 aromatic heterocycles. The first kappa shape index (κ1) is 8.97. The van der Waals surface area contributed by atoms with Crippen molar-refractivity contribution < 1.29 is 9.13 Å². The zero-order valence-electron chi connectivity index (χ0n) is 6.84. The Morgan fingerprint density at radius 2 is 2.31 bits per heavy atom. The van der Waals surface area contributed by atoms with Gasteiger partial charge in [-0.1, -0.05) is 22.0 Å². The Morgan fingerprint density at radius 3 is 3.08 bits per heavy atom. The van der Waals surface area contributed by atoms with Gasteiger partial charge in [-0.05, 0) is 12.1 Å². The van der Waals surface area contributed by atoms with Crippen molar-refractivity contribution in [3.63, 3.8) is 0 Å². The third kappa shape index (κ3) is 1.56. The number of hydrogen-bond acceptors (Lipinski definition) is 2. The molecule has 0 fully saturated rings. The van der Waals surface area contributed by atoms with Crippen LogP contribution < -0.4 is 10.5 Å². The number of rotatable bonds is 0. The van der Waals surface area contributed by atoms with Crippen LogP contribution in [0.1, 0.15) is 11.6 Å². The molecule has 0 spiro atoms. The van der Waals surface area contributed by atoms with E-state index in [-0.39, 0.29) is 6.61 Å². The minimum atomic E-state index is -1.10. The van der Waals surface area contributed by atoms with E-state index in [1.54, 1.807) is 12.1 Å². The number of fused-ring (bicyclic) bond motifs is 1. The monoisotopic (exact) mass is 245 g/mol. The molecular formula is C9H9BrFNO. The largest absolute Gasteiger partial charge is 0.490 e. The van der Waals surface area contributed by atoms with E-state index in [4.69, 9.17) is 10.5 Å². The van der Waals surface area contributed by atoms with Crippen LogP contribution in [-0.4, -0.2) is 12.8 Å². The highest BCUT2D eigenvalue weighted by Crippen LogP contribution is 2.33. The van der Waals surface area contributed by atoms with Gasteiger partial charge in [-0.15, -0.1) is 0 Å². The molecule has 70 valence electrons. The number of halogens is 2. The maximum Gasteiger partial charge on any atom is 0.153 e. The quantitative estimate of drug-likeness (QED) is 0.761. The van der Waals surface area contributed by atoms with Crippen molar-refractivity contribution in [1.29, 1.82) is 0 Å². The lowest BCUT2D eigenvalue weighted by Gasteiger charge is -2.26. The standard InChI is InChI=1S/C9H9BrFNO/c10-5-1-2-6-8(3-5)13-4-7(11)9(6)12/h1-3,7,9H,4,12H2. The molecule has 2 rings (SSSR count). The average Bonchev–Trinajstić information content (AvgIpc) is 2.12. The SMILES string of the molecule is NC1c2ccc(Br)cc2OCC1F. The van der Waals surface area contributed by atoms with Crippen LogP contribution in [0.2, 0.25) is 0 Å². The third-order valence-corrected chi connectivity index (χ3v) is 2.62. The molecule has 2 N–H and O–H groups in total. The zero-order valence-corrected chi connectivity index (χ0v) is 8.42. The van der Waals surface area contributed by atoms with Gasteiger partial charge in [0.15, 0.2) is 6.17 Å². The van der Waals surface area contributed by atoms with Gasteiger partial charge in [-0.3, -0.25) is 0 Å². The van der Waals surface area contributed by atoms with E-state index < -0.39 is 12.2 Å². The Morgan fingerprint density at radius 1 is 1.54 bits per heavy atom. The predicted molar refractivity (Wildman–Crippen MR) is 51.5 cm³/mol. The lowest BCUT2D eigenvalue weighted by atomic mass is 10.0. The molecule has 2 nitrogen and oxygen atoms in total. The average molecular weight is 246 g/mol. The van der Waals surface area contributed by atoms with Crippen LogP contribution in [0.5, 0.6) is 5.75 Å². The second-order valence-electron chi connectivity index (χ2n) is 3.03. The summed E-state index contributed by atoms with van der Waals surface area (Å²) >= 11 is 3.31. The number of nitrogens with two attached hydrogens (primary N) is 1. The summed E-state index contributed by atoms with van der Waals surface area (Å²) in [4.78, 5) is 0. The fraction of sp³-hybridized carbons (Fsp3) is 0.333. The molecule has 0 saturated carbocycles. The molecule has 0 bridgehead atoms. The summed E-state index contributed by atoms with van der Waals surface area (Å²) in [5, 5.41) is 0. The summed E-state index contributed by atoms with van der Waals surface area (Å²) in [5.41, 5.74) is 6.41. The number of ether oxygens (including phenoxy) is 1. The van der Waals surface area contributed by atoms with Crippen molar-refractivity contribution in [1.82, 2.24) is 0 Å². The van der Waals surface area contributed by atoms with Crippen LogP contribution in [0.3, 0.4) is 0 Å². The van der Waals surface area contributed by atoms with Crippen LogP contribution in [0, 0.1) is 0 Å². The van der Waals surface area contributed by atoms with E-state index in [9.17, 15) is 4.39 Å². The Balaban J connectivity index is 2.44. The topological polar surface area (TPSA) is 35.2 Å². The summed E-state index contributed by atoms with van der Waals surface area (Å²) in [6.07, 6.45) is -1.10. The molecule has 1 aliphatic rings. The molecule has 0 saturated heterocycles. The highest BCUT2D eigenvalue weighted by atomic mass is 79.9. The van der Waals surface area contributed by atoms with Gasteiger partial charge in [-0.2, -0.15) is 0 Å². The fourth-order valence-electron chi connectivity index (χ4n) is 1.38. The van der Waals surface area contributed by atoms with Crippen molar-refractivity contribution in [3.8, 4) is 5.75 Å². The van der Waals surface area contributed by atoms with Crippen molar-refractivity contribution in [3.05, 3.63) is 28.2 Å². The van der Waals surface area contributed by atoms with Gasteiger partial charge >= 0.3 is 0 Å². The minimum absolute atomic E-state index is 0.0463. The van der Waals surface area contributed by atoms with E-state index in [0.717, 1.165) is 10.0 Å². The number of benzene rings is 1. The van der Waals surface area contributed by atoms with Crippen molar-refractivity contribution in [2.75, 3.05) is 6.61 Å². The number of hydrogen-bond donors (Lipinski definition) is 1. The molecule has 1 aliphatic heterocycles. The van der Waals surface area contributed by atoms with Gasteiger partial charge in [0, 0.05) is 10.0 Å². The maximum absolute atomic E-state index is 13.1. The molecule has 0 aliphatic carbocycles. The van der Waals surface area contributed by atoms with Crippen LogP contribution in [0.4, 0.5) is 4.39 Å². The van der Waals surface area contributed by atoms with Gasteiger partial charge in [0.25, 0.3) is 0 Å². The van der Waals surface area contributed by atoms with Gasteiger partial charge < -0.3 is 10.5 Å². The lowest BCUT2D eigenvalue weighted by molar-refractivity contribution is 0.147. The van der Waals surface area contributed by atoms with Crippen LogP contribution in [-0.2, 0) is 0 Å². The summed E-state index contributed by atoms with van der Waals surface area (Å²) < 4.78 is 19.2. The summed E-state index contributed by atoms with van der Waals surface area (Å²) in [6, 6.07) is 4.87. The fourth-order valence-corrected chi connectivity index (χ4v) is 1.72. The first-order chi connectivity index (χ1) is 6.18. The molecule has 1 aromatic carbocycles. The molecule has 0 radical (unpaired) electrons. The van der Waals surface area contributed by atoms with Gasteiger partial charge in [-0.25, -0.2) is 4.39 Å². The molecule has 13 heavy (non-hydrogen) atoms. The third-order valence-electron chi connectivity index (χ3n) is 2.12. The smallest absolute Gasteiger partial charge is 0.153 e. The maximum atomic E-state index is 13.1. The molecule has 4 heteroatoms. The summed E-state index contributed by atoms with van der Waals surface area (Å²) in [7, 11) is 0. The van der Waals surface area contributed by atoms with Crippen LogP contribution >= 0.6 is 15.9 Å². The molecule has 2 atom stereocenters. The predicted octanol–water partition coefficient (Wildman–Crippen LogP) is 2.18. The molecule has 1 aromatic rings. The van der Waals surface area contributed by atoms with E-state index in [1.807, 2.05) is 6.07 Å². The van der Waals surface area contributed by atoms with E-state index in [2.05, 4.69) is 15.9 Å². The second-order valence-corrected chi connectivity index (χ2v) is 3.95. The second kappa shape index (κ2) is 3.27. The van der Waals surface area contributed by atoms with E-state index >= 15 is 0 Å². The Labute approximate surface area is 84.0 Å². The van der Waals surface area contributed by atoms with Crippen molar-refractivity contribution in [2.45, 2.75) is 12.2 Å². The van der Waals surface area contributed by atoms with E-state index in [1.165, 1.54) is 0 Å². The van der Waals surface area contributed by atoms with Gasteiger partial charge in [0.2, 0.25) is 0 Å². The highest BCUT2D eigenvalue weighted by Gasteiger charge is 2.27. The molecule has 1 heterocycles. The van der Waals surface area contributed by atoms with Gasteiger partial charge in [0.1, 0.15) is 12.4 Å².